The highest BCUT2D eigenvalue weighted by molar-refractivity contribution is 4.67. The minimum absolute atomic E-state index is 0.347. The maximum absolute atomic E-state index is 5.86. The quantitative estimate of drug-likeness (QED) is 0.692. The summed E-state index contributed by atoms with van der Waals surface area (Å²) in [6, 6.07) is 0.551. The second-order valence-corrected chi connectivity index (χ2v) is 4.96. The van der Waals surface area contributed by atoms with Crippen molar-refractivity contribution in [2.24, 2.45) is 5.92 Å². The van der Waals surface area contributed by atoms with E-state index in [1.165, 1.54) is 6.42 Å². The number of rotatable bonds is 8. The van der Waals surface area contributed by atoms with Crippen molar-refractivity contribution in [1.82, 2.24) is 5.32 Å². The molecule has 0 aromatic rings. The van der Waals surface area contributed by atoms with E-state index in [0.29, 0.717) is 18.1 Å². The van der Waals surface area contributed by atoms with Crippen molar-refractivity contribution in [1.29, 1.82) is 0 Å². The van der Waals surface area contributed by atoms with Gasteiger partial charge in [-0.3, -0.25) is 0 Å². The van der Waals surface area contributed by atoms with Crippen molar-refractivity contribution in [2.75, 3.05) is 26.4 Å². The molecule has 0 aliphatic carbocycles. The minimum atomic E-state index is 0.347. The Bertz CT molecular complexity index is 169. The molecular weight excluding hydrogens is 202 g/mol. The van der Waals surface area contributed by atoms with Gasteiger partial charge in [-0.1, -0.05) is 6.92 Å². The summed E-state index contributed by atoms with van der Waals surface area (Å²) in [5.74, 6) is 0.626. The lowest BCUT2D eigenvalue weighted by molar-refractivity contribution is 0.0276. The third-order valence-corrected chi connectivity index (χ3v) is 3.07. The molecule has 0 spiro atoms. The van der Waals surface area contributed by atoms with Crippen molar-refractivity contribution in [3.63, 3.8) is 0 Å². The summed E-state index contributed by atoms with van der Waals surface area (Å²) in [6.07, 6.45) is 3.79. The zero-order chi connectivity index (χ0) is 11.8. The Labute approximate surface area is 99.9 Å². The van der Waals surface area contributed by atoms with E-state index in [1.807, 2.05) is 0 Å². The summed E-state index contributed by atoms with van der Waals surface area (Å²) in [6.45, 7) is 10.4. The van der Waals surface area contributed by atoms with E-state index < -0.39 is 0 Å². The van der Waals surface area contributed by atoms with Crippen molar-refractivity contribution in [3.8, 4) is 0 Å². The van der Waals surface area contributed by atoms with Gasteiger partial charge < -0.3 is 14.8 Å². The zero-order valence-electron chi connectivity index (χ0n) is 11.0. The van der Waals surface area contributed by atoms with Crippen LogP contribution in [-0.2, 0) is 9.47 Å². The Morgan fingerprint density at radius 3 is 2.88 bits per heavy atom. The predicted octanol–water partition coefficient (Wildman–Crippen LogP) is 2.21. The standard InChI is InChI=1S/C13H27NO2/c1-4-6-14-11(2)8-12(3)16-10-13-5-7-15-9-13/h11-14H,4-10H2,1-3H3. The van der Waals surface area contributed by atoms with Crippen LogP contribution < -0.4 is 5.32 Å². The smallest absolute Gasteiger partial charge is 0.0561 e. The lowest BCUT2D eigenvalue weighted by Crippen LogP contribution is -2.31. The summed E-state index contributed by atoms with van der Waals surface area (Å²) < 4.78 is 11.2. The molecule has 1 aliphatic rings. The fourth-order valence-electron chi connectivity index (χ4n) is 2.06. The molecule has 1 rings (SSSR count). The van der Waals surface area contributed by atoms with Crippen LogP contribution in [0.2, 0.25) is 0 Å². The molecule has 0 amide bonds. The van der Waals surface area contributed by atoms with Gasteiger partial charge in [-0.2, -0.15) is 0 Å². The summed E-state index contributed by atoms with van der Waals surface area (Å²) in [7, 11) is 0. The van der Waals surface area contributed by atoms with E-state index in [9.17, 15) is 0 Å². The first-order valence-electron chi connectivity index (χ1n) is 6.65. The maximum Gasteiger partial charge on any atom is 0.0561 e. The van der Waals surface area contributed by atoms with Gasteiger partial charge in [0.25, 0.3) is 0 Å². The Morgan fingerprint density at radius 2 is 2.25 bits per heavy atom. The number of hydrogen-bond acceptors (Lipinski definition) is 3. The molecule has 96 valence electrons. The van der Waals surface area contributed by atoms with E-state index in [0.717, 1.165) is 39.2 Å². The minimum Gasteiger partial charge on any atom is -0.381 e. The van der Waals surface area contributed by atoms with E-state index in [2.05, 4.69) is 26.1 Å². The Morgan fingerprint density at radius 1 is 1.44 bits per heavy atom. The fourth-order valence-corrected chi connectivity index (χ4v) is 2.06. The number of nitrogens with one attached hydrogen (secondary N) is 1. The molecule has 0 aromatic carbocycles. The third-order valence-electron chi connectivity index (χ3n) is 3.07. The van der Waals surface area contributed by atoms with Crippen LogP contribution in [0.5, 0.6) is 0 Å². The second kappa shape index (κ2) is 8.04. The summed E-state index contributed by atoms with van der Waals surface area (Å²) >= 11 is 0. The molecule has 3 atom stereocenters. The monoisotopic (exact) mass is 229 g/mol. The largest absolute Gasteiger partial charge is 0.381 e. The highest BCUT2D eigenvalue weighted by atomic mass is 16.5. The van der Waals surface area contributed by atoms with E-state index in [4.69, 9.17) is 9.47 Å². The van der Waals surface area contributed by atoms with Gasteiger partial charge >= 0.3 is 0 Å². The van der Waals surface area contributed by atoms with Gasteiger partial charge in [0, 0.05) is 18.6 Å². The Kier molecular flexibility index (Phi) is 7.01. The molecule has 1 heterocycles. The molecule has 3 unspecified atom stereocenters. The van der Waals surface area contributed by atoms with Gasteiger partial charge in [-0.25, -0.2) is 0 Å². The molecule has 3 heteroatoms. The molecule has 1 aliphatic heterocycles. The van der Waals surface area contributed by atoms with Crippen molar-refractivity contribution >= 4 is 0 Å². The van der Waals surface area contributed by atoms with Crippen LogP contribution in [0.15, 0.2) is 0 Å². The second-order valence-electron chi connectivity index (χ2n) is 4.96. The molecule has 0 radical (unpaired) electrons. The van der Waals surface area contributed by atoms with E-state index >= 15 is 0 Å². The average Bonchev–Trinajstić information content (AvgIpc) is 2.76. The van der Waals surface area contributed by atoms with Crippen LogP contribution in [-0.4, -0.2) is 38.5 Å². The highest BCUT2D eigenvalue weighted by Crippen LogP contribution is 2.14. The summed E-state index contributed by atoms with van der Waals surface area (Å²) in [5.41, 5.74) is 0. The van der Waals surface area contributed by atoms with Gasteiger partial charge in [-0.05, 0) is 39.7 Å². The van der Waals surface area contributed by atoms with Crippen LogP contribution in [0.3, 0.4) is 0 Å². The van der Waals surface area contributed by atoms with Crippen LogP contribution in [0.1, 0.15) is 40.0 Å². The maximum atomic E-state index is 5.86. The third kappa shape index (κ3) is 5.83. The first-order valence-corrected chi connectivity index (χ1v) is 6.65. The van der Waals surface area contributed by atoms with Gasteiger partial charge in [0.15, 0.2) is 0 Å². The molecular formula is C13H27NO2. The van der Waals surface area contributed by atoms with Crippen LogP contribution in [0.25, 0.3) is 0 Å². The lowest BCUT2D eigenvalue weighted by Gasteiger charge is -2.20. The van der Waals surface area contributed by atoms with Gasteiger partial charge in [0.2, 0.25) is 0 Å². The van der Waals surface area contributed by atoms with E-state index in [-0.39, 0.29) is 0 Å². The zero-order valence-corrected chi connectivity index (χ0v) is 11.0. The van der Waals surface area contributed by atoms with Crippen molar-refractivity contribution < 1.29 is 9.47 Å². The van der Waals surface area contributed by atoms with E-state index in [1.54, 1.807) is 0 Å². The lowest BCUT2D eigenvalue weighted by atomic mass is 10.1. The van der Waals surface area contributed by atoms with Gasteiger partial charge in [0.05, 0.1) is 19.3 Å². The first-order chi connectivity index (χ1) is 7.72. The van der Waals surface area contributed by atoms with Crippen molar-refractivity contribution in [2.45, 2.75) is 52.2 Å². The van der Waals surface area contributed by atoms with Crippen LogP contribution >= 0.6 is 0 Å². The number of hydrogen-bond donors (Lipinski definition) is 1. The SMILES string of the molecule is CCCNC(C)CC(C)OCC1CCOC1. The summed E-state index contributed by atoms with van der Waals surface area (Å²) in [5, 5.41) is 3.49. The molecule has 3 nitrogen and oxygen atoms in total. The number of ether oxygens (including phenoxy) is 2. The topological polar surface area (TPSA) is 30.5 Å². The normalized spacial score (nSPS) is 24.6. The first kappa shape index (κ1) is 13.9. The highest BCUT2D eigenvalue weighted by Gasteiger charge is 2.17. The molecule has 1 fully saturated rings. The molecule has 0 bridgehead atoms. The Hall–Kier alpha value is -0.120. The molecule has 0 aromatic heterocycles. The molecule has 0 saturated carbocycles. The molecule has 1 N–H and O–H groups in total. The van der Waals surface area contributed by atoms with Crippen molar-refractivity contribution in [3.05, 3.63) is 0 Å². The average molecular weight is 229 g/mol. The fraction of sp³-hybridized carbons (Fsp3) is 1.00. The van der Waals surface area contributed by atoms with Crippen LogP contribution in [0, 0.1) is 5.92 Å². The van der Waals surface area contributed by atoms with Crippen LogP contribution in [0.4, 0.5) is 0 Å². The molecule has 1 saturated heterocycles. The summed E-state index contributed by atoms with van der Waals surface area (Å²) in [4.78, 5) is 0. The Balaban J connectivity index is 2.02. The van der Waals surface area contributed by atoms with Gasteiger partial charge in [-0.15, -0.1) is 0 Å². The predicted molar refractivity (Wildman–Crippen MR) is 66.7 cm³/mol. The molecule has 16 heavy (non-hydrogen) atoms. The van der Waals surface area contributed by atoms with Gasteiger partial charge in [0.1, 0.15) is 0 Å².